The van der Waals surface area contributed by atoms with E-state index in [-0.39, 0.29) is 12.4 Å². The fourth-order valence-corrected chi connectivity index (χ4v) is 1.33. The molecule has 0 aromatic carbocycles. The summed E-state index contributed by atoms with van der Waals surface area (Å²) < 4.78 is 37.6. The van der Waals surface area contributed by atoms with Crippen molar-refractivity contribution in [3.05, 3.63) is 18.3 Å². The molecule has 0 aliphatic heterocycles. The van der Waals surface area contributed by atoms with E-state index < -0.39 is 17.8 Å². The van der Waals surface area contributed by atoms with Crippen molar-refractivity contribution in [2.24, 2.45) is 5.41 Å². The number of aromatic nitrogens is 2. The van der Waals surface area contributed by atoms with E-state index in [0.29, 0.717) is 12.8 Å². The molecular weight excluding hydrogens is 207 g/mol. The van der Waals surface area contributed by atoms with Crippen molar-refractivity contribution in [3.8, 4) is 0 Å². The number of halogens is 3. The molecular formula is C9H10F3N3. The number of hydrogen-bond acceptors (Lipinski definition) is 3. The van der Waals surface area contributed by atoms with Gasteiger partial charge in [-0.25, -0.2) is 8.78 Å². The molecule has 0 radical (unpaired) electrons. The predicted octanol–water partition coefficient (Wildman–Crippen LogP) is 2.07. The summed E-state index contributed by atoms with van der Waals surface area (Å²) in [6, 6.07) is 0. The van der Waals surface area contributed by atoms with Gasteiger partial charge in [-0.2, -0.15) is 9.37 Å². The summed E-state index contributed by atoms with van der Waals surface area (Å²) in [7, 11) is 0. The first-order valence-corrected chi connectivity index (χ1v) is 4.62. The Morgan fingerprint density at radius 2 is 2.13 bits per heavy atom. The normalized spacial score (nSPS) is 17.9. The summed E-state index contributed by atoms with van der Waals surface area (Å²) in [4.78, 5) is 7.04. The van der Waals surface area contributed by atoms with Crippen molar-refractivity contribution in [3.63, 3.8) is 0 Å². The van der Waals surface area contributed by atoms with Gasteiger partial charge in [-0.15, -0.1) is 0 Å². The molecule has 0 saturated heterocycles. The molecule has 6 heteroatoms. The van der Waals surface area contributed by atoms with E-state index in [2.05, 4.69) is 15.3 Å². The van der Waals surface area contributed by atoms with Crippen molar-refractivity contribution in [1.29, 1.82) is 0 Å². The first-order valence-electron chi connectivity index (χ1n) is 4.62. The first kappa shape index (κ1) is 10.2. The smallest absolute Gasteiger partial charge is 0.245 e. The predicted molar refractivity (Wildman–Crippen MR) is 48.2 cm³/mol. The zero-order valence-electron chi connectivity index (χ0n) is 7.88. The van der Waals surface area contributed by atoms with Crippen LogP contribution in [0.4, 0.5) is 19.0 Å². The lowest BCUT2D eigenvalue weighted by atomic mass is 10.1. The van der Waals surface area contributed by atoms with Gasteiger partial charge in [0.25, 0.3) is 0 Å². The average Bonchev–Trinajstić information content (AvgIpc) is 2.96. The zero-order valence-corrected chi connectivity index (χ0v) is 7.88. The van der Waals surface area contributed by atoms with Crippen LogP contribution in [0.15, 0.2) is 12.4 Å². The van der Waals surface area contributed by atoms with Crippen molar-refractivity contribution >= 4 is 5.82 Å². The molecule has 0 amide bonds. The van der Waals surface area contributed by atoms with Gasteiger partial charge in [0, 0.05) is 12.0 Å². The lowest BCUT2D eigenvalue weighted by Gasteiger charge is -2.14. The Bertz CT molecular complexity index is 352. The van der Waals surface area contributed by atoms with Crippen LogP contribution in [0.1, 0.15) is 12.8 Å². The zero-order chi connectivity index (χ0) is 10.9. The molecule has 3 nitrogen and oxygen atoms in total. The highest BCUT2D eigenvalue weighted by atomic mass is 19.3. The lowest BCUT2D eigenvalue weighted by Crippen LogP contribution is -2.23. The van der Waals surface area contributed by atoms with E-state index >= 15 is 0 Å². The van der Waals surface area contributed by atoms with E-state index in [0.717, 1.165) is 6.20 Å². The Kier molecular flexibility index (Phi) is 2.50. The van der Waals surface area contributed by atoms with Crippen molar-refractivity contribution in [1.82, 2.24) is 9.97 Å². The highest BCUT2D eigenvalue weighted by Crippen LogP contribution is 2.50. The Balaban J connectivity index is 1.94. The van der Waals surface area contributed by atoms with Crippen LogP contribution in [0.3, 0.4) is 0 Å². The summed E-state index contributed by atoms with van der Waals surface area (Å²) in [5.41, 5.74) is -0.937. The van der Waals surface area contributed by atoms with Crippen LogP contribution >= 0.6 is 0 Å². The third-order valence-corrected chi connectivity index (χ3v) is 2.58. The minimum Gasteiger partial charge on any atom is -0.368 e. The van der Waals surface area contributed by atoms with Gasteiger partial charge in [0.15, 0.2) is 0 Å². The van der Waals surface area contributed by atoms with Gasteiger partial charge in [-0.3, -0.25) is 4.98 Å². The molecule has 1 aliphatic rings. The quantitative estimate of drug-likeness (QED) is 0.838. The van der Waals surface area contributed by atoms with Gasteiger partial charge in [0.1, 0.15) is 5.82 Å². The second kappa shape index (κ2) is 3.67. The molecule has 1 N–H and O–H groups in total. The van der Waals surface area contributed by atoms with Gasteiger partial charge in [0.05, 0.1) is 12.4 Å². The maximum atomic E-state index is 12.6. The standard InChI is InChI=1S/C9H10F3N3/c10-6-3-13-4-7(15-6)14-5-9(1-2-9)8(11)12/h3-4,8H,1-2,5H2,(H,14,15). The molecule has 0 bridgehead atoms. The van der Waals surface area contributed by atoms with E-state index in [4.69, 9.17) is 0 Å². The lowest BCUT2D eigenvalue weighted by molar-refractivity contribution is 0.0687. The van der Waals surface area contributed by atoms with Gasteiger partial charge in [-0.05, 0) is 12.8 Å². The number of nitrogens with zero attached hydrogens (tertiary/aromatic N) is 2. The van der Waals surface area contributed by atoms with Gasteiger partial charge >= 0.3 is 0 Å². The third-order valence-electron chi connectivity index (χ3n) is 2.58. The molecule has 0 atom stereocenters. The molecule has 1 aliphatic carbocycles. The molecule has 1 saturated carbocycles. The highest BCUT2D eigenvalue weighted by Gasteiger charge is 2.50. The van der Waals surface area contributed by atoms with E-state index in [1.165, 1.54) is 6.20 Å². The SMILES string of the molecule is Fc1cncc(NCC2(C(F)F)CC2)n1. The Labute approximate surface area is 84.7 Å². The molecule has 1 heterocycles. The van der Waals surface area contributed by atoms with Crippen LogP contribution in [-0.2, 0) is 0 Å². The van der Waals surface area contributed by atoms with E-state index in [9.17, 15) is 13.2 Å². The van der Waals surface area contributed by atoms with Crippen LogP contribution < -0.4 is 5.32 Å². The fraction of sp³-hybridized carbons (Fsp3) is 0.556. The van der Waals surface area contributed by atoms with E-state index in [1.807, 2.05) is 0 Å². The second-order valence-corrected chi connectivity index (χ2v) is 3.74. The van der Waals surface area contributed by atoms with E-state index in [1.54, 1.807) is 0 Å². The van der Waals surface area contributed by atoms with Crippen LogP contribution in [0.2, 0.25) is 0 Å². The van der Waals surface area contributed by atoms with Gasteiger partial charge in [0.2, 0.25) is 12.4 Å². The number of rotatable bonds is 4. The number of nitrogens with one attached hydrogen (secondary N) is 1. The Morgan fingerprint density at radius 1 is 1.40 bits per heavy atom. The van der Waals surface area contributed by atoms with Crippen LogP contribution in [0.5, 0.6) is 0 Å². The molecule has 0 unspecified atom stereocenters. The molecule has 2 rings (SSSR count). The monoisotopic (exact) mass is 217 g/mol. The van der Waals surface area contributed by atoms with Crippen molar-refractivity contribution in [2.75, 3.05) is 11.9 Å². The number of hydrogen-bond donors (Lipinski definition) is 1. The topological polar surface area (TPSA) is 37.8 Å². The van der Waals surface area contributed by atoms with Crippen LogP contribution in [-0.4, -0.2) is 22.9 Å². The maximum Gasteiger partial charge on any atom is 0.245 e. The molecule has 15 heavy (non-hydrogen) atoms. The third kappa shape index (κ3) is 2.19. The Morgan fingerprint density at radius 3 is 2.67 bits per heavy atom. The second-order valence-electron chi connectivity index (χ2n) is 3.74. The summed E-state index contributed by atoms with van der Waals surface area (Å²) in [6.07, 6.45) is 0.933. The van der Waals surface area contributed by atoms with Crippen LogP contribution in [0, 0.1) is 11.4 Å². The summed E-state index contributed by atoms with van der Waals surface area (Å²) in [5.74, 6) is -0.524. The highest BCUT2D eigenvalue weighted by molar-refractivity contribution is 5.31. The first-order chi connectivity index (χ1) is 7.12. The molecule has 1 aromatic heterocycles. The average molecular weight is 217 g/mol. The summed E-state index contributed by atoms with van der Waals surface area (Å²) >= 11 is 0. The maximum absolute atomic E-state index is 12.6. The minimum atomic E-state index is -2.34. The minimum absolute atomic E-state index is 0.114. The largest absolute Gasteiger partial charge is 0.368 e. The molecule has 82 valence electrons. The summed E-state index contributed by atoms with van der Waals surface area (Å²) in [5, 5.41) is 2.68. The summed E-state index contributed by atoms with van der Waals surface area (Å²) in [6.45, 7) is 0.114. The number of anilines is 1. The molecule has 1 aromatic rings. The fourth-order valence-electron chi connectivity index (χ4n) is 1.33. The van der Waals surface area contributed by atoms with Crippen molar-refractivity contribution < 1.29 is 13.2 Å². The van der Waals surface area contributed by atoms with Crippen molar-refractivity contribution in [2.45, 2.75) is 19.3 Å². The molecule has 0 spiro atoms. The van der Waals surface area contributed by atoms with Crippen LogP contribution in [0.25, 0.3) is 0 Å². The van der Waals surface area contributed by atoms with Gasteiger partial charge < -0.3 is 5.32 Å². The van der Waals surface area contributed by atoms with Gasteiger partial charge in [-0.1, -0.05) is 0 Å². The molecule has 1 fully saturated rings. The number of alkyl halides is 2. The Hall–Kier alpha value is -1.33.